The highest BCUT2D eigenvalue weighted by Gasteiger charge is 2.30. The Morgan fingerprint density at radius 3 is 1.31 bits per heavy atom. The van der Waals surface area contributed by atoms with Crippen molar-refractivity contribution in [3.05, 3.63) is 128 Å². The van der Waals surface area contributed by atoms with Crippen molar-refractivity contribution in [3.63, 3.8) is 0 Å². The number of hydrogen-bond acceptors (Lipinski definition) is 16. The van der Waals surface area contributed by atoms with Crippen LogP contribution in [0, 0.1) is 0 Å². The predicted octanol–water partition coefficient (Wildman–Crippen LogP) is 7.40. The van der Waals surface area contributed by atoms with Crippen molar-refractivity contribution in [2.24, 2.45) is 0 Å². The van der Waals surface area contributed by atoms with Crippen molar-refractivity contribution in [1.82, 2.24) is 0 Å². The molecule has 10 N–H and O–H groups in total. The molecule has 9 rings (SSSR count). The zero-order chi connectivity index (χ0) is 43.2. The largest absolute Gasteiger partial charge is 0.508 e. The molecule has 0 radical (unpaired) electrons. The summed E-state index contributed by atoms with van der Waals surface area (Å²) in [6, 6.07) is 18.6. The third kappa shape index (κ3) is 5.89. The second kappa shape index (κ2) is 13.5. The summed E-state index contributed by atoms with van der Waals surface area (Å²) in [4.78, 5) is 40.4. The molecule has 9 aromatic rings. The smallest absolute Gasteiger partial charge is 0.197 e. The summed E-state index contributed by atoms with van der Waals surface area (Å²) in [5, 5.41) is 108. The van der Waals surface area contributed by atoms with Gasteiger partial charge in [0.05, 0.1) is 16.5 Å². The number of aromatic hydroxyl groups is 10. The lowest BCUT2D eigenvalue weighted by atomic mass is 9.92. The summed E-state index contributed by atoms with van der Waals surface area (Å²) in [7, 11) is 0. The van der Waals surface area contributed by atoms with Crippen molar-refractivity contribution in [3.8, 4) is 114 Å². The molecule has 0 aliphatic rings. The van der Waals surface area contributed by atoms with Crippen LogP contribution in [0.2, 0.25) is 0 Å². The van der Waals surface area contributed by atoms with E-state index in [4.69, 9.17) is 13.3 Å². The van der Waals surface area contributed by atoms with Gasteiger partial charge in [0.1, 0.15) is 79.3 Å². The van der Waals surface area contributed by atoms with Gasteiger partial charge in [-0.1, -0.05) is 0 Å². The molecule has 0 atom stereocenters. The van der Waals surface area contributed by atoms with Crippen molar-refractivity contribution in [1.29, 1.82) is 0 Å². The van der Waals surface area contributed by atoms with Gasteiger partial charge in [-0.05, 0) is 60.7 Å². The van der Waals surface area contributed by atoms with Gasteiger partial charge in [-0.25, -0.2) is 0 Å². The SMILES string of the molecule is O=c1cc(-c2ccc(O)c(O)c2-c2c(O)cc3oc(-c4ccc(O)c(O)c4-c4c(O)cc5oc(-c6ccc(O)cc6)cc(=O)c5c4O)cc(=O)c3c2O)oc2cc(O)ccc12. The quantitative estimate of drug-likeness (QED) is 0.0756. The Bertz CT molecular complexity index is 3540. The van der Waals surface area contributed by atoms with Crippen LogP contribution >= 0.6 is 0 Å². The molecule has 302 valence electrons. The van der Waals surface area contributed by atoms with Crippen LogP contribution in [-0.2, 0) is 0 Å². The highest BCUT2D eigenvalue weighted by Crippen LogP contribution is 2.54. The standard InChI is InChI=1S/C45H26O16/c46-18-3-1-17(2-4-18)30-13-26(51)38-34(59-30)15-28(53)40(44(38)57)37-22(8-10-24(49)43(37)56)33-14-27(52)39-35(61-33)16-29(54)41(45(39)58)36-21(7-9-23(48)42(36)55)32-12-25(50)20-6-5-19(47)11-31(20)60-32/h1-16,46-49,53-58H. The van der Waals surface area contributed by atoms with E-state index in [-0.39, 0.29) is 50.7 Å². The maximum atomic E-state index is 14.0. The third-order valence-electron chi connectivity index (χ3n) is 10.2. The van der Waals surface area contributed by atoms with E-state index in [0.717, 1.165) is 48.5 Å². The van der Waals surface area contributed by atoms with Crippen LogP contribution in [0.1, 0.15) is 0 Å². The van der Waals surface area contributed by atoms with Gasteiger partial charge in [0.25, 0.3) is 0 Å². The van der Waals surface area contributed by atoms with Crippen LogP contribution in [0.15, 0.2) is 125 Å². The topological polar surface area (TPSA) is 293 Å². The Labute approximate surface area is 338 Å². The summed E-state index contributed by atoms with van der Waals surface area (Å²) in [6.07, 6.45) is 0. The number of benzene rings is 6. The first kappa shape index (κ1) is 37.5. The predicted molar refractivity (Wildman–Crippen MR) is 218 cm³/mol. The molecule has 3 aromatic heterocycles. The zero-order valence-electron chi connectivity index (χ0n) is 30.7. The molecule has 0 spiro atoms. The van der Waals surface area contributed by atoms with Gasteiger partial charge in [-0.3, -0.25) is 14.4 Å². The van der Waals surface area contributed by atoms with Gasteiger partial charge < -0.3 is 64.3 Å². The maximum absolute atomic E-state index is 14.0. The van der Waals surface area contributed by atoms with Crippen molar-refractivity contribution in [2.75, 3.05) is 0 Å². The van der Waals surface area contributed by atoms with Crippen LogP contribution in [0.4, 0.5) is 0 Å². The Morgan fingerprint density at radius 2 is 0.787 bits per heavy atom. The van der Waals surface area contributed by atoms with E-state index >= 15 is 0 Å². The van der Waals surface area contributed by atoms with Gasteiger partial charge in [0.2, 0.25) is 0 Å². The highest BCUT2D eigenvalue weighted by atomic mass is 16.4. The Hall–Kier alpha value is -9.05. The molecule has 0 unspecified atom stereocenters. The van der Waals surface area contributed by atoms with Gasteiger partial charge in [-0.2, -0.15) is 0 Å². The Balaban J connectivity index is 1.23. The van der Waals surface area contributed by atoms with Gasteiger partial charge in [-0.15, -0.1) is 0 Å². The first-order chi connectivity index (χ1) is 29.1. The Morgan fingerprint density at radius 1 is 0.344 bits per heavy atom. The first-order valence-corrected chi connectivity index (χ1v) is 17.8. The molecule has 0 aliphatic heterocycles. The molecule has 0 saturated heterocycles. The average Bonchev–Trinajstić information content (AvgIpc) is 3.20. The van der Waals surface area contributed by atoms with Crippen LogP contribution in [0.5, 0.6) is 57.5 Å². The van der Waals surface area contributed by atoms with Gasteiger partial charge in [0, 0.05) is 64.2 Å². The van der Waals surface area contributed by atoms with Crippen LogP contribution in [0.3, 0.4) is 0 Å². The number of hydrogen-bond donors (Lipinski definition) is 10. The third-order valence-corrected chi connectivity index (χ3v) is 10.2. The first-order valence-electron chi connectivity index (χ1n) is 17.8. The molecule has 6 aromatic carbocycles. The molecule has 0 fully saturated rings. The number of fused-ring (bicyclic) bond motifs is 3. The van der Waals surface area contributed by atoms with E-state index in [1.807, 2.05) is 0 Å². The summed E-state index contributed by atoms with van der Waals surface area (Å²) >= 11 is 0. The lowest BCUT2D eigenvalue weighted by Crippen LogP contribution is -2.04. The van der Waals surface area contributed by atoms with E-state index in [2.05, 4.69) is 0 Å². The van der Waals surface area contributed by atoms with Crippen molar-refractivity contribution >= 4 is 32.9 Å². The normalized spacial score (nSPS) is 11.5. The molecule has 0 aliphatic carbocycles. The van der Waals surface area contributed by atoms with Crippen LogP contribution in [-0.4, -0.2) is 51.1 Å². The minimum Gasteiger partial charge on any atom is -0.508 e. The molecular weight excluding hydrogens is 796 g/mol. The van der Waals surface area contributed by atoms with E-state index in [9.17, 15) is 65.4 Å². The molecule has 16 nitrogen and oxygen atoms in total. The van der Waals surface area contributed by atoms with Gasteiger partial charge in [0.15, 0.2) is 39.3 Å². The van der Waals surface area contributed by atoms with Crippen molar-refractivity contribution < 1.29 is 64.3 Å². The minimum atomic E-state index is -0.989. The van der Waals surface area contributed by atoms with Crippen LogP contribution < -0.4 is 16.3 Å². The summed E-state index contributed by atoms with van der Waals surface area (Å²) in [6.45, 7) is 0. The fourth-order valence-electron chi connectivity index (χ4n) is 7.33. The second-order valence-corrected chi connectivity index (χ2v) is 13.8. The van der Waals surface area contributed by atoms with E-state index in [1.54, 1.807) is 0 Å². The van der Waals surface area contributed by atoms with Crippen LogP contribution in [0.25, 0.3) is 89.1 Å². The molecule has 0 amide bonds. The number of phenols is 10. The number of rotatable bonds is 5. The fraction of sp³-hybridized carbons (Fsp3) is 0. The molecule has 3 heterocycles. The Kier molecular flexibility index (Phi) is 8.32. The fourth-order valence-corrected chi connectivity index (χ4v) is 7.33. The lowest BCUT2D eigenvalue weighted by Gasteiger charge is -2.18. The molecular formula is C45H26O16. The highest BCUT2D eigenvalue weighted by molar-refractivity contribution is 6.03. The molecule has 0 saturated carbocycles. The zero-order valence-corrected chi connectivity index (χ0v) is 30.7. The minimum absolute atomic E-state index is 0.0227. The lowest BCUT2D eigenvalue weighted by molar-refractivity contribution is 0.404. The number of phenolic OH excluding ortho intramolecular Hbond substituents is 10. The average molecular weight is 823 g/mol. The summed E-state index contributed by atoms with van der Waals surface area (Å²) < 4.78 is 17.7. The molecule has 16 heteroatoms. The molecule has 0 bridgehead atoms. The van der Waals surface area contributed by atoms with Gasteiger partial charge >= 0.3 is 0 Å². The van der Waals surface area contributed by atoms with E-state index in [1.165, 1.54) is 48.5 Å². The van der Waals surface area contributed by atoms with Crippen molar-refractivity contribution in [2.45, 2.75) is 0 Å². The molecule has 61 heavy (non-hydrogen) atoms. The second-order valence-electron chi connectivity index (χ2n) is 13.8. The summed E-state index contributed by atoms with van der Waals surface area (Å²) in [5.74, 6) is -7.65. The maximum Gasteiger partial charge on any atom is 0.197 e. The summed E-state index contributed by atoms with van der Waals surface area (Å²) in [5.41, 5.74) is -5.38. The van der Waals surface area contributed by atoms with E-state index in [0.29, 0.717) is 5.56 Å². The van der Waals surface area contributed by atoms with E-state index < -0.39 is 107 Å². The monoisotopic (exact) mass is 822 g/mol.